The van der Waals surface area contributed by atoms with Crippen molar-refractivity contribution in [2.75, 3.05) is 7.11 Å². The van der Waals surface area contributed by atoms with E-state index < -0.39 is 12.1 Å². The summed E-state index contributed by atoms with van der Waals surface area (Å²) in [6.45, 7) is 11.6. The molecule has 0 radical (unpaired) electrons. The van der Waals surface area contributed by atoms with Gasteiger partial charge in [0.2, 0.25) is 0 Å². The van der Waals surface area contributed by atoms with Crippen LogP contribution in [0.15, 0.2) is 65.5 Å². The summed E-state index contributed by atoms with van der Waals surface area (Å²) in [5.41, 5.74) is 5.93. The molecule has 4 aromatic rings. The molecule has 1 aromatic heterocycles. The maximum atomic E-state index is 13.7. The van der Waals surface area contributed by atoms with E-state index in [1.165, 1.54) is 4.57 Å². The highest BCUT2D eigenvalue weighted by Gasteiger charge is 2.30. The van der Waals surface area contributed by atoms with Gasteiger partial charge in [0.25, 0.3) is 5.56 Å². The SMILES string of the molecule is CC.COc1ccc(Cc2ccc3c(-c4ccc(C)c(C)c4)c(C(OC(C)C)C(=O)O)n(C)c(=O)c3c2)cc1. The molecule has 0 aliphatic rings. The van der Waals surface area contributed by atoms with E-state index in [1.54, 1.807) is 28.0 Å². The molecule has 0 spiro atoms. The fourth-order valence-electron chi connectivity index (χ4n) is 4.69. The first kappa shape index (κ1) is 29.7. The van der Waals surface area contributed by atoms with E-state index in [0.29, 0.717) is 28.5 Å². The van der Waals surface area contributed by atoms with Crippen molar-refractivity contribution < 1.29 is 19.4 Å². The molecule has 39 heavy (non-hydrogen) atoms. The second kappa shape index (κ2) is 12.8. The highest BCUT2D eigenvalue weighted by molar-refractivity contribution is 5.99. The van der Waals surface area contributed by atoms with Crippen LogP contribution in [-0.2, 0) is 23.0 Å². The van der Waals surface area contributed by atoms with E-state index in [2.05, 4.69) is 0 Å². The van der Waals surface area contributed by atoms with Gasteiger partial charge in [0.1, 0.15) is 5.75 Å². The van der Waals surface area contributed by atoms with E-state index in [4.69, 9.17) is 9.47 Å². The molecule has 0 bridgehead atoms. The van der Waals surface area contributed by atoms with Crippen LogP contribution >= 0.6 is 0 Å². The standard InChI is InChI=1S/C31H33NO5.C2H6/c1-18(2)37-29(31(34)35)28-27(23-11-7-19(3)20(4)15-23)25-14-10-22(17-26(25)30(33)32(28)5)16-21-8-12-24(36-6)13-9-21;1-2/h7-15,17-18,29H,16H2,1-6H3,(H,34,35);1-2H3. The molecule has 1 N–H and O–H groups in total. The Balaban J connectivity index is 0.00000205. The summed E-state index contributed by atoms with van der Waals surface area (Å²) in [6.07, 6.45) is -0.984. The number of nitrogens with zero attached hydrogens (tertiary/aromatic N) is 1. The molecule has 0 saturated carbocycles. The molecule has 4 rings (SSSR count). The van der Waals surface area contributed by atoms with E-state index in [1.807, 2.05) is 88.4 Å². The van der Waals surface area contributed by atoms with Gasteiger partial charge in [-0.3, -0.25) is 4.79 Å². The van der Waals surface area contributed by atoms with Crippen molar-refractivity contribution >= 4 is 16.7 Å². The lowest BCUT2D eigenvalue weighted by Crippen LogP contribution is -2.29. The van der Waals surface area contributed by atoms with Crippen molar-refractivity contribution in [2.45, 2.75) is 60.2 Å². The summed E-state index contributed by atoms with van der Waals surface area (Å²) in [5.74, 6) is -0.345. The van der Waals surface area contributed by atoms with Gasteiger partial charge >= 0.3 is 5.97 Å². The van der Waals surface area contributed by atoms with Crippen LogP contribution in [0.3, 0.4) is 0 Å². The van der Waals surface area contributed by atoms with Crippen LogP contribution in [0.1, 0.15) is 61.7 Å². The average Bonchev–Trinajstić information content (AvgIpc) is 2.92. The molecule has 0 fully saturated rings. The fraction of sp³-hybridized carbons (Fsp3) is 0.333. The van der Waals surface area contributed by atoms with Crippen LogP contribution in [0.4, 0.5) is 0 Å². The highest BCUT2D eigenvalue weighted by atomic mass is 16.5. The van der Waals surface area contributed by atoms with Crippen molar-refractivity contribution in [3.63, 3.8) is 0 Å². The zero-order chi connectivity index (χ0) is 28.9. The maximum Gasteiger partial charge on any atom is 0.339 e. The van der Waals surface area contributed by atoms with Gasteiger partial charge in [0, 0.05) is 18.0 Å². The van der Waals surface area contributed by atoms with Crippen LogP contribution in [0.5, 0.6) is 5.75 Å². The lowest BCUT2D eigenvalue weighted by molar-refractivity contribution is -0.154. The van der Waals surface area contributed by atoms with Gasteiger partial charge < -0.3 is 19.1 Å². The molecule has 1 heterocycles. The van der Waals surface area contributed by atoms with Gasteiger partial charge in [-0.1, -0.05) is 56.3 Å². The van der Waals surface area contributed by atoms with E-state index in [0.717, 1.165) is 33.6 Å². The molecule has 0 saturated heterocycles. The first-order valence-electron chi connectivity index (χ1n) is 13.3. The van der Waals surface area contributed by atoms with E-state index in [9.17, 15) is 14.7 Å². The summed E-state index contributed by atoms with van der Waals surface area (Å²) in [7, 11) is 3.26. The van der Waals surface area contributed by atoms with E-state index >= 15 is 0 Å². The number of aryl methyl sites for hydroxylation is 2. The van der Waals surface area contributed by atoms with Gasteiger partial charge in [-0.25, -0.2) is 4.79 Å². The Bertz CT molecular complexity index is 1520. The molecular weight excluding hydrogens is 490 g/mol. The quantitative estimate of drug-likeness (QED) is 0.266. The second-order valence-electron chi connectivity index (χ2n) is 9.73. The number of pyridine rings is 1. The van der Waals surface area contributed by atoms with Gasteiger partial charge in [0.05, 0.1) is 18.9 Å². The molecule has 1 unspecified atom stereocenters. The lowest BCUT2D eigenvalue weighted by atomic mass is 9.91. The Morgan fingerprint density at radius 1 is 0.897 bits per heavy atom. The topological polar surface area (TPSA) is 77.8 Å². The van der Waals surface area contributed by atoms with Crippen molar-refractivity contribution in [3.05, 3.63) is 99.0 Å². The van der Waals surface area contributed by atoms with Gasteiger partial charge in [-0.2, -0.15) is 0 Å². The zero-order valence-electron chi connectivity index (χ0n) is 24.2. The lowest BCUT2D eigenvalue weighted by Gasteiger charge is -2.24. The molecule has 0 amide bonds. The third-order valence-electron chi connectivity index (χ3n) is 6.75. The number of carboxylic acid groups (broad SMARTS) is 1. The third-order valence-corrected chi connectivity index (χ3v) is 6.75. The number of fused-ring (bicyclic) bond motifs is 1. The smallest absolute Gasteiger partial charge is 0.339 e. The molecule has 3 aromatic carbocycles. The van der Waals surface area contributed by atoms with Crippen molar-refractivity contribution in [2.24, 2.45) is 7.05 Å². The molecule has 6 nitrogen and oxygen atoms in total. The highest BCUT2D eigenvalue weighted by Crippen LogP contribution is 2.37. The Morgan fingerprint density at radius 2 is 1.54 bits per heavy atom. The fourth-order valence-corrected chi connectivity index (χ4v) is 4.69. The normalized spacial score (nSPS) is 11.7. The Hall–Kier alpha value is -3.90. The van der Waals surface area contributed by atoms with E-state index in [-0.39, 0.29) is 11.7 Å². The van der Waals surface area contributed by atoms with Crippen LogP contribution in [0.2, 0.25) is 0 Å². The average molecular weight is 530 g/mol. The van der Waals surface area contributed by atoms with Gasteiger partial charge in [-0.05, 0) is 85.5 Å². The third kappa shape index (κ3) is 6.40. The summed E-state index contributed by atoms with van der Waals surface area (Å²) in [5, 5.41) is 11.4. The number of benzene rings is 3. The number of carbonyl (C=O) groups is 1. The zero-order valence-corrected chi connectivity index (χ0v) is 24.2. The predicted molar refractivity (Wildman–Crippen MR) is 158 cm³/mol. The number of aliphatic carboxylic acids is 1. The largest absolute Gasteiger partial charge is 0.497 e. The van der Waals surface area contributed by atoms with Crippen LogP contribution in [-0.4, -0.2) is 28.9 Å². The number of rotatable bonds is 8. The van der Waals surface area contributed by atoms with Crippen LogP contribution in [0.25, 0.3) is 21.9 Å². The number of ether oxygens (including phenoxy) is 2. The van der Waals surface area contributed by atoms with Crippen LogP contribution in [0, 0.1) is 13.8 Å². The molecule has 0 aliphatic carbocycles. The van der Waals surface area contributed by atoms with Crippen molar-refractivity contribution in [1.29, 1.82) is 0 Å². The molecule has 0 aliphatic heterocycles. The Morgan fingerprint density at radius 3 is 2.10 bits per heavy atom. The minimum Gasteiger partial charge on any atom is -0.497 e. The minimum atomic E-state index is -1.29. The second-order valence-corrected chi connectivity index (χ2v) is 9.73. The molecule has 1 atom stereocenters. The Labute approximate surface area is 230 Å². The van der Waals surface area contributed by atoms with Crippen molar-refractivity contribution in [3.8, 4) is 16.9 Å². The molecule has 6 heteroatoms. The minimum absolute atomic E-state index is 0.257. The number of methoxy groups -OCH3 is 1. The first-order valence-corrected chi connectivity index (χ1v) is 13.3. The predicted octanol–water partition coefficient (Wildman–Crippen LogP) is 7.00. The summed E-state index contributed by atoms with van der Waals surface area (Å²) in [4.78, 5) is 26.0. The number of carboxylic acids is 1. The summed E-state index contributed by atoms with van der Waals surface area (Å²) >= 11 is 0. The molecular formula is C33H39NO5. The Kier molecular flexibility index (Phi) is 9.71. The number of aromatic nitrogens is 1. The summed E-state index contributed by atoms with van der Waals surface area (Å²) in [6, 6.07) is 19.7. The first-order chi connectivity index (χ1) is 18.6. The number of hydrogen-bond acceptors (Lipinski definition) is 4. The monoisotopic (exact) mass is 529 g/mol. The summed E-state index contributed by atoms with van der Waals surface area (Å²) < 4.78 is 12.5. The maximum absolute atomic E-state index is 13.7. The number of hydrogen-bond donors (Lipinski definition) is 1. The van der Waals surface area contributed by atoms with Gasteiger partial charge in [0.15, 0.2) is 6.10 Å². The van der Waals surface area contributed by atoms with Gasteiger partial charge in [-0.15, -0.1) is 0 Å². The van der Waals surface area contributed by atoms with Crippen LogP contribution < -0.4 is 10.3 Å². The van der Waals surface area contributed by atoms with Crippen molar-refractivity contribution in [1.82, 2.24) is 4.57 Å². The molecule has 206 valence electrons.